The van der Waals surface area contributed by atoms with Crippen LogP contribution in [0, 0.1) is 13.8 Å². The molecule has 0 radical (unpaired) electrons. The Balaban J connectivity index is 1.37. The maximum Gasteiger partial charge on any atom is 0.255 e. The van der Waals surface area contributed by atoms with Crippen molar-refractivity contribution in [1.29, 1.82) is 0 Å². The third-order valence-electron chi connectivity index (χ3n) is 8.59. The summed E-state index contributed by atoms with van der Waals surface area (Å²) in [5.74, 6) is 1.16. The first-order valence-corrected chi connectivity index (χ1v) is 14.8. The van der Waals surface area contributed by atoms with Crippen LogP contribution in [0.3, 0.4) is 0 Å². The lowest BCUT2D eigenvalue weighted by molar-refractivity contribution is 0.0687. The van der Waals surface area contributed by atoms with Crippen molar-refractivity contribution in [3.8, 4) is 11.5 Å². The van der Waals surface area contributed by atoms with E-state index in [0.717, 1.165) is 60.8 Å². The number of nitrogens with zero attached hydrogens (tertiary/aromatic N) is 4. The van der Waals surface area contributed by atoms with E-state index in [9.17, 15) is 9.59 Å². The number of H-pyrrole nitrogens is 1. The van der Waals surface area contributed by atoms with Crippen LogP contribution >= 0.6 is 0 Å². The lowest BCUT2D eigenvalue weighted by atomic mass is 9.99. The Labute approximate surface area is 248 Å². The number of nitrogens with one attached hydrogen (secondary N) is 2. The van der Waals surface area contributed by atoms with Crippen LogP contribution < -0.4 is 19.7 Å². The fourth-order valence-corrected chi connectivity index (χ4v) is 6.22. The molecule has 224 valence electrons. The van der Waals surface area contributed by atoms with E-state index in [2.05, 4.69) is 38.3 Å². The molecule has 2 aliphatic rings. The fourth-order valence-electron chi connectivity index (χ4n) is 6.22. The van der Waals surface area contributed by atoms with Crippen LogP contribution in [0.2, 0.25) is 0 Å². The predicted octanol–water partition coefficient (Wildman–Crippen LogP) is 4.09. The van der Waals surface area contributed by atoms with Gasteiger partial charge in [0.05, 0.1) is 31.5 Å². The summed E-state index contributed by atoms with van der Waals surface area (Å²) in [4.78, 5) is 33.6. The van der Waals surface area contributed by atoms with Crippen LogP contribution in [0.1, 0.15) is 69.0 Å². The number of carbonyl (C=O) groups excluding carboxylic acids is 2. The summed E-state index contributed by atoms with van der Waals surface area (Å²) >= 11 is 0. The Kier molecular flexibility index (Phi) is 9.01. The second-order valence-corrected chi connectivity index (χ2v) is 11.0. The summed E-state index contributed by atoms with van der Waals surface area (Å²) in [6.45, 7) is 11.9. The van der Waals surface area contributed by atoms with E-state index in [1.165, 1.54) is 0 Å². The van der Waals surface area contributed by atoms with Gasteiger partial charge in [-0.1, -0.05) is 19.1 Å². The smallest absolute Gasteiger partial charge is 0.255 e. The molecule has 5 rings (SSSR count). The summed E-state index contributed by atoms with van der Waals surface area (Å²) < 4.78 is 11.1. The maximum atomic E-state index is 14.0. The molecule has 3 heterocycles. The molecule has 1 aromatic heterocycles. The van der Waals surface area contributed by atoms with Crippen molar-refractivity contribution in [3.05, 3.63) is 70.0 Å². The number of rotatable bonds is 11. The zero-order chi connectivity index (χ0) is 29.8. The molecule has 2 aliphatic heterocycles. The number of aryl methyl sites for hydroxylation is 2. The highest BCUT2D eigenvalue weighted by Crippen LogP contribution is 2.40. The number of amides is 2. The molecule has 2 N–H and O–H groups in total. The van der Waals surface area contributed by atoms with E-state index >= 15 is 0 Å². The molecule has 1 fully saturated rings. The number of ether oxygens (including phenoxy) is 2. The van der Waals surface area contributed by atoms with Crippen LogP contribution in [0.15, 0.2) is 36.4 Å². The van der Waals surface area contributed by atoms with E-state index in [1.54, 1.807) is 14.2 Å². The van der Waals surface area contributed by atoms with Crippen molar-refractivity contribution in [2.24, 2.45) is 0 Å². The summed E-state index contributed by atoms with van der Waals surface area (Å²) in [7, 11) is 3.23. The summed E-state index contributed by atoms with van der Waals surface area (Å²) in [6, 6.07) is 11.8. The van der Waals surface area contributed by atoms with Crippen molar-refractivity contribution in [2.45, 2.75) is 46.2 Å². The number of anilines is 1. The molecule has 0 bridgehead atoms. The van der Waals surface area contributed by atoms with Crippen molar-refractivity contribution in [2.75, 3.05) is 58.4 Å². The first kappa shape index (κ1) is 29.4. The maximum absolute atomic E-state index is 14.0. The Morgan fingerprint density at radius 3 is 2.50 bits per heavy atom. The quantitative estimate of drug-likeness (QED) is 0.333. The van der Waals surface area contributed by atoms with Gasteiger partial charge < -0.3 is 29.5 Å². The minimum absolute atomic E-state index is 0.0347. The van der Waals surface area contributed by atoms with Gasteiger partial charge in [-0.25, -0.2) is 0 Å². The van der Waals surface area contributed by atoms with Crippen molar-refractivity contribution >= 4 is 17.5 Å². The molecular formula is C32H42N6O4. The van der Waals surface area contributed by atoms with Gasteiger partial charge >= 0.3 is 0 Å². The Hall–Kier alpha value is -4.05. The average molecular weight is 575 g/mol. The lowest BCUT2D eigenvalue weighted by Crippen LogP contribution is -2.46. The number of carbonyl (C=O) groups is 2. The molecule has 0 unspecified atom stereocenters. The molecule has 3 aromatic rings. The average Bonchev–Trinajstić information content (AvgIpc) is 3.54. The van der Waals surface area contributed by atoms with Crippen LogP contribution in [-0.2, 0) is 6.54 Å². The second kappa shape index (κ2) is 12.9. The van der Waals surface area contributed by atoms with E-state index in [-0.39, 0.29) is 17.9 Å². The SMILES string of the molecule is CCN1CCN(c2cccc3c2CN([C@H](CCCNC(=O)c2c(C)n[nH]c2C)c2ccc(OC)c(OC)c2)C3=O)CC1. The van der Waals surface area contributed by atoms with E-state index in [0.29, 0.717) is 48.7 Å². The van der Waals surface area contributed by atoms with Gasteiger partial charge in [-0.15, -0.1) is 0 Å². The minimum Gasteiger partial charge on any atom is -0.493 e. The van der Waals surface area contributed by atoms with Gasteiger partial charge in [-0.3, -0.25) is 14.7 Å². The van der Waals surface area contributed by atoms with Gasteiger partial charge in [-0.05, 0) is 63.1 Å². The highest BCUT2D eigenvalue weighted by Gasteiger charge is 2.36. The third-order valence-corrected chi connectivity index (χ3v) is 8.59. The highest BCUT2D eigenvalue weighted by molar-refractivity contribution is 6.00. The van der Waals surface area contributed by atoms with Gasteiger partial charge in [-0.2, -0.15) is 5.10 Å². The molecule has 0 aliphatic carbocycles. The minimum atomic E-state index is -0.205. The van der Waals surface area contributed by atoms with Gasteiger partial charge in [0.1, 0.15) is 0 Å². The topological polar surface area (TPSA) is 103 Å². The summed E-state index contributed by atoms with van der Waals surface area (Å²) in [5.41, 5.74) is 6.01. The zero-order valence-electron chi connectivity index (χ0n) is 25.3. The van der Waals surface area contributed by atoms with Crippen molar-refractivity contribution in [3.63, 3.8) is 0 Å². The monoisotopic (exact) mass is 574 g/mol. The van der Waals surface area contributed by atoms with Crippen LogP contribution in [-0.4, -0.2) is 85.3 Å². The first-order chi connectivity index (χ1) is 20.4. The number of methoxy groups -OCH3 is 2. The molecule has 1 atom stereocenters. The molecule has 1 saturated heterocycles. The van der Waals surface area contributed by atoms with Gasteiger partial charge in [0, 0.05) is 61.8 Å². The number of fused-ring (bicyclic) bond motifs is 1. The molecule has 2 aromatic carbocycles. The van der Waals surface area contributed by atoms with E-state index in [1.807, 2.05) is 49.1 Å². The fraction of sp³-hybridized carbons (Fsp3) is 0.469. The number of hydrogen-bond acceptors (Lipinski definition) is 7. The largest absolute Gasteiger partial charge is 0.493 e. The Morgan fingerprint density at radius 2 is 1.83 bits per heavy atom. The molecule has 0 saturated carbocycles. The van der Waals surface area contributed by atoms with Gasteiger partial charge in [0.15, 0.2) is 11.5 Å². The molecule has 2 amide bonds. The number of piperazine rings is 1. The predicted molar refractivity (Wildman–Crippen MR) is 163 cm³/mol. The lowest BCUT2D eigenvalue weighted by Gasteiger charge is -2.36. The number of likely N-dealkylation sites (N-methyl/N-ethyl adjacent to an activating group) is 1. The molecular weight excluding hydrogens is 532 g/mol. The summed E-state index contributed by atoms with van der Waals surface area (Å²) in [6.07, 6.45) is 1.36. The molecule has 10 nitrogen and oxygen atoms in total. The highest BCUT2D eigenvalue weighted by atomic mass is 16.5. The van der Waals surface area contributed by atoms with E-state index in [4.69, 9.17) is 9.47 Å². The van der Waals surface area contributed by atoms with Crippen molar-refractivity contribution < 1.29 is 19.1 Å². The molecule has 42 heavy (non-hydrogen) atoms. The van der Waals surface area contributed by atoms with Gasteiger partial charge in [0.2, 0.25) is 0 Å². The molecule has 10 heteroatoms. The first-order valence-electron chi connectivity index (χ1n) is 14.8. The summed E-state index contributed by atoms with van der Waals surface area (Å²) in [5, 5.41) is 10.0. The van der Waals surface area contributed by atoms with Crippen LogP contribution in [0.4, 0.5) is 5.69 Å². The number of aromatic amines is 1. The Bertz CT molecular complexity index is 1410. The zero-order valence-corrected chi connectivity index (χ0v) is 25.3. The number of aromatic nitrogens is 2. The number of benzene rings is 2. The third kappa shape index (κ3) is 5.81. The van der Waals surface area contributed by atoms with Crippen LogP contribution in [0.25, 0.3) is 0 Å². The molecule has 0 spiro atoms. The normalized spacial score (nSPS) is 16.0. The standard InChI is InChI=1S/C32H42N6O4/c1-6-36-15-17-37(18-16-36)27-10-7-9-24-25(27)20-38(32(24)40)26(23-12-13-28(41-4)29(19-23)42-5)11-8-14-33-31(39)30-21(2)34-35-22(30)3/h7,9-10,12-13,19,26H,6,8,11,14-18,20H2,1-5H3,(H,33,39)(H,34,35)/t26-/m1/s1. The second-order valence-electron chi connectivity index (χ2n) is 11.0. The van der Waals surface area contributed by atoms with Crippen molar-refractivity contribution in [1.82, 2.24) is 25.3 Å². The van der Waals surface area contributed by atoms with E-state index < -0.39 is 0 Å². The number of hydrogen-bond donors (Lipinski definition) is 2. The van der Waals surface area contributed by atoms with Crippen LogP contribution in [0.5, 0.6) is 11.5 Å². The van der Waals surface area contributed by atoms with Gasteiger partial charge in [0.25, 0.3) is 11.8 Å². The Morgan fingerprint density at radius 1 is 1.07 bits per heavy atom.